The molecule has 6 heteroatoms. The zero-order valence-corrected chi connectivity index (χ0v) is 9.97. The van der Waals surface area contributed by atoms with E-state index in [1.165, 1.54) is 12.1 Å². The number of alkyl halides is 3. The van der Waals surface area contributed by atoms with Crippen molar-refractivity contribution in [1.29, 1.82) is 0 Å². The summed E-state index contributed by atoms with van der Waals surface area (Å²) in [4.78, 5) is 11.4. The molecule has 0 fully saturated rings. The van der Waals surface area contributed by atoms with E-state index in [1.807, 2.05) is 6.92 Å². The predicted molar refractivity (Wildman–Crippen MR) is 63.2 cm³/mol. The molecule has 1 amide bonds. The highest BCUT2D eigenvalue weighted by atomic mass is 19.4. The lowest BCUT2D eigenvalue weighted by Crippen LogP contribution is -2.28. The summed E-state index contributed by atoms with van der Waals surface area (Å²) in [5, 5.41) is 5.28. The predicted octanol–water partition coefficient (Wildman–Crippen LogP) is 2.64. The quantitative estimate of drug-likeness (QED) is 0.799. The molecule has 100 valence electrons. The molecule has 1 aromatic carbocycles. The number of nitrogens with one attached hydrogen (secondary N) is 2. The number of benzene rings is 1. The van der Waals surface area contributed by atoms with Gasteiger partial charge in [0.05, 0.1) is 12.1 Å². The average molecular weight is 260 g/mol. The SMILES string of the molecule is CCCNCC(=O)Nc1cccc(C(F)(F)F)c1. The second kappa shape index (κ2) is 6.39. The van der Waals surface area contributed by atoms with Gasteiger partial charge in [-0.1, -0.05) is 13.0 Å². The van der Waals surface area contributed by atoms with Gasteiger partial charge in [-0.2, -0.15) is 13.2 Å². The van der Waals surface area contributed by atoms with Crippen molar-refractivity contribution in [2.75, 3.05) is 18.4 Å². The lowest BCUT2D eigenvalue weighted by atomic mass is 10.2. The van der Waals surface area contributed by atoms with Gasteiger partial charge in [-0.15, -0.1) is 0 Å². The third kappa shape index (κ3) is 4.75. The third-order valence-corrected chi connectivity index (χ3v) is 2.19. The Morgan fingerprint density at radius 3 is 2.67 bits per heavy atom. The van der Waals surface area contributed by atoms with E-state index in [0.29, 0.717) is 6.54 Å². The minimum atomic E-state index is -4.40. The Bertz CT molecular complexity index is 405. The number of anilines is 1. The molecule has 3 nitrogen and oxygen atoms in total. The van der Waals surface area contributed by atoms with Crippen LogP contribution in [0.25, 0.3) is 0 Å². The van der Waals surface area contributed by atoms with Gasteiger partial charge < -0.3 is 10.6 Å². The van der Waals surface area contributed by atoms with Gasteiger partial charge in [-0.05, 0) is 31.2 Å². The van der Waals surface area contributed by atoms with Crippen LogP contribution < -0.4 is 10.6 Å². The molecular weight excluding hydrogens is 245 g/mol. The van der Waals surface area contributed by atoms with E-state index in [2.05, 4.69) is 10.6 Å². The van der Waals surface area contributed by atoms with Crippen molar-refractivity contribution in [2.24, 2.45) is 0 Å². The lowest BCUT2D eigenvalue weighted by molar-refractivity contribution is -0.137. The van der Waals surface area contributed by atoms with Crippen LogP contribution in [0.15, 0.2) is 24.3 Å². The first-order valence-electron chi connectivity index (χ1n) is 5.61. The highest BCUT2D eigenvalue weighted by molar-refractivity contribution is 5.92. The van der Waals surface area contributed by atoms with Crippen LogP contribution in [-0.4, -0.2) is 19.0 Å². The summed E-state index contributed by atoms with van der Waals surface area (Å²) in [6.45, 7) is 2.73. The number of hydrogen-bond donors (Lipinski definition) is 2. The molecule has 0 bridgehead atoms. The summed E-state index contributed by atoms with van der Waals surface area (Å²) in [7, 11) is 0. The molecule has 0 radical (unpaired) electrons. The minimum absolute atomic E-state index is 0.0874. The van der Waals surface area contributed by atoms with Crippen LogP contribution in [0.1, 0.15) is 18.9 Å². The van der Waals surface area contributed by atoms with Gasteiger partial charge in [0.1, 0.15) is 0 Å². The molecule has 2 N–H and O–H groups in total. The molecule has 0 aromatic heterocycles. The highest BCUT2D eigenvalue weighted by Gasteiger charge is 2.30. The van der Waals surface area contributed by atoms with Gasteiger partial charge in [-0.25, -0.2) is 0 Å². The molecule has 0 atom stereocenters. The monoisotopic (exact) mass is 260 g/mol. The van der Waals surface area contributed by atoms with Crippen molar-refractivity contribution >= 4 is 11.6 Å². The molecule has 0 unspecified atom stereocenters. The summed E-state index contributed by atoms with van der Waals surface area (Å²) in [6.07, 6.45) is -3.52. The Kier molecular flexibility index (Phi) is 5.15. The Hall–Kier alpha value is -1.56. The van der Waals surface area contributed by atoms with Crippen molar-refractivity contribution in [2.45, 2.75) is 19.5 Å². The van der Waals surface area contributed by atoms with Crippen LogP contribution in [0.4, 0.5) is 18.9 Å². The Morgan fingerprint density at radius 2 is 2.06 bits per heavy atom. The summed E-state index contributed by atoms with van der Waals surface area (Å²) in [5.41, 5.74) is -0.630. The average Bonchev–Trinajstić information content (AvgIpc) is 2.28. The molecule has 0 aliphatic rings. The minimum Gasteiger partial charge on any atom is -0.325 e. The highest BCUT2D eigenvalue weighted by Crippen LogP contribution is 2.30. The maximum atomic E-state index is 12.4. The molecule has 1 rings (SSSR count). The maximum Gasteiger partial charge on any atom is 0.416 e. The van der Waals surface area contributed by atoms with E-state index in [1.54, 1.807) is 0 Å². The molecule has 0 aliphatic carbocycles. The Balaban J connectivity index is 2.60. The van der Waals surface area contributed by atoms with E-state index in [9.17, 15) is 18.0 Å². The Morgan fingerprint density at radius 1 is 1.33 bits per heavy atom. The van der Waals surface area contributed by atoms with Gasteiger partial charge >= 0.3 is 6.18 Å². The first-order chi connectivity index (χ1) is 8.43. The third-order valence-electron chi connectivity index (χ3n) is 2.19. The summed E-state index contributed by atoms with van der Waals surface area (Å²) < 4.78 is 37.3. The normalized spacial score (nSPS) is 11.3. The number of amides is 1. The fourth-order valence-corrected chi connectivity index (χ4v) is 1.36. The molecule has 0 saturated carbocycles. The molecule has 18 heavy (non-hydrogen) atoms. The summed E-state index contributed by atoms with van der Waals surface area (Å²) in [6, 6.07) is 4.56. The van der Waals surface area contributed by atoms with Crippen molar-refractivity contribution in [1.82, 2.24) is 5.32 Å². The van der Waals surface area contributed by atoms with Crippen LogP contribution in [-0.2, 0) is 11.0 Å². The summed E-state index contributed by atoms with van der Waals surface area (Å²) in [5.74, 6) is -0.359. The van der Waals surface area contributed by atoms with E-state index >= 15 is 0 Å². The zero-order chi connectivity index (χ0) is 13.6. The van der Waals surface area contributed by atoms with E-state index < -0.39 is 11.7 Å². The van der Waals surface area contributed by atoms with E-state index in [-0.39, 0.29) is 18.1 Å². The van der Waals surface area contributed by atoms with Crippen LogP contribution in [0.5, 0.6) is 0 Å². The fourth-order valence-electron chi connectivity index (χ4n) is 1.36. The number of rotatable bonds is 5. The number of halogens is 3. The first-order valence-corrected chi connectivity index (χ1v) is 5.61. The largest absolute Gasteiger partial charge is 0.416 e. The fraction of sp³-hybridized carbons (Fsp3) is 0.417. The van der Waals surface area contributed by atoms with Crippen molar-refractivity contribution in [3.63, 3.8) is 0 Å². The van der Waals surface area contributed by atoms with E-state index in [4.69, 9.17) is 0 Å². The smallest absolute Gasteiger partial charge is 0.325 e. The molecule has 0 heterocycles. The standard InChI is InChI=1S/C12H15F3N2O/c1-2-6-16-8-11(18)17-10-5-3-4-9(7-10)12(13,14)15/h3-5,7,16H,2,6,8H2,1H3,(H,17,18). The second-order valence-corrected chi connectivity index (χ2v) is 3.80. The molecule has 0 aliphatic heterocycles. The van der Waals surface area contributed by atoms with Gasteiger partial charge in [-0.3, -0.25) is 4.79 Å². The van der Waals surface area contributed by atoms with Gasteiger partial charge in [0.2, 0.25) is 5.91 Å². The number of carbonyl (C=O) groups excluding carboxylic acids is 1. The molecule has 0 saturated heterocycles. The number of carbonyl (C=O) groups is 1. The zero-order valence-electron chi connectivity index (χ0n) is 9.97. The second-order valence-electron chi connectivity index (χ2n) is 3.80. The summed E-state index contributed by atoms with van der Waals surface area (Å²) >= 11 is 0. The molecule has 0 spiro atoms. The number of hydrogen-bond acceptors (Lipinski definition) is 2. The van der Waals surface area contributed by atoms with Crippen LogP contribution in [0, 0.1) is 0 Å². The lowest BCUT2D eigenvalue weighted by Gasteiger charge is -2.10. The molecule has 1 aromatic rings. The topological polar surface area (TPSA) is 41.1 Å². The van der Waals surface area contributed by atoms with Crippen LogP contribution in [0.2, 0.25) is 0 Å². The van der Waals surface area contributed by atoms with E-state index in [0.717, 1.165) is 18.6 Å². The van der Waals surface area contributed by atoms with Crippen molar-refractivity contribution in [3.8, 4) is 0 Å². The van der Waals surface area contributed by atoms with Gasteiger partial charge in [0.15, 0.2) is 0 Å². The van der Waals surface area contributed by atoms with Gasteiger partial charge in [0.25, 0.3) is 0 Å². The van der Waals surface area contributed by atoms with Crippen molar-refractivity contribution < 1.29 is 18.0 Å². The Labute approximate surface area is 103 Å². The maximum absolute atomic E-state index is 12.4. The molecular formula is C12H15F3N2O. The van der Waals surface area contributed by atoms with Crippen LogP contribution in [0.3, 0.4) is 0 Å². The van der Waals surface area contributed by atoms with Crippen molar-refractivity contribution in [3.05, 3.63) is 29.8 Å². The van der Waals surface area contributed by atoms with Gasteiger partial charge in [0, 0.05) is 5.69 Å². The van der Waals surface area contributed by atoms with Crippen LogP contribution >= 0.6 is 0 Å². The first kappa shape index (κ1) is 14.5.